The Kier molecular flexibility index (Phi) is 4.42. The number of anilines is 1. The fourth-order valence-corrected chi connectivity index (χ4v) is 4.22. The Hall–Kier alpha value is -2.03. The number of hydrogen-bond donors (Lipinski definition) is 2. The second-order valence-electron chi connectivity index (χ2n) is 5.65. The normalized spacial score (nSPS) is 17.8. The summed E-state index contributed by atoms with van der Waals surface area (Å²) < 4.78 is 1.89. The molecule has 24 heavy (non-hydrogen) atoms. The van der Waals surface area contributed by atoms with Crippen molar-refractivity contribution in [1.82, 2.24) is 20.1 Å². The first kappa shape index (κ1) is 15.5. The Morgan fingerprint density at radius 2 is 2.33 bits per heavy atom. The molecule has 8 heteroatoms. The number of amides is 1. The summed E-state index contributed by atoms with van der Waals surface area (Å²) in [5.41, 5.74) is 1.32. The molecule has 1 atom stereocenters. The number of carbonyl (C=O) groups excluding carboxylic acids is 1. The van der Waals surface area contributed by atoms with Crippen LogP contribution >= 0.6 is 22.7 Å². The second kappa shape index (κ2) is 6.84. The van der Waals surface area contributed by atoms with Crippen LogP contribution in [-0.2, 0) is 0 Å². The standard InChI is InChI=1S/C16H17N5OS2/c22-15(12-5-7-21(20-12)11-3-1-6-17-9-11)19-16-18-13(10-24-16)14-4-2-8-23-14/h2,4-5,7-8,10-11,17H,1,3,6,9H2,(H,18,19,22). The number of nitrogens with one attached hydrogen (secondary N) is 2. The second-order valence-corrected chi connectivity index (χ2v) is 7.46. The third-order valence-corrected chi connectivity index (χ3v) is 5.63. The van der Waals surface area contributed by atoms with E-state index < -0.39 is 0 Å². The van der Waals surface area contributed by atoms with Crippen molar-refractivity contribution in [2.45, 2.75) is 18.9 Å². The van der Waals surface area contributed by atoms with Crippen LogP contribution in [-0.4, -0.2) is 33.8 Å². The highest BCUT2D eigenvalue weighted by Crippen LogP contribution is 2.28. The molecule has 6 nitrogen and oxygen atoms in total. The molecule has 4 rings (SSSR count). The van der Waals surface area contributed by atoms with Gasteiger partial charge >= 0.3 is 0 Å². The molecule has 1 unspecified atom stereocenters. The summed E-state index contributed by atoms with van der Waals surface area (Å²) in [4.78, 5) is 17.9. The van der Waals surface area contributed by atoms with Crippen LogP contribution in [0.5, 0.6) is 0 Å². The monoisotopic (exact) mass is 359 g/mol. The molecule has 1 amide bonds. The average molecular weight is 359 g/mol. The molecule has 1 aliphatic rings. The third kappa shape index (κ3) is 3.26. The highest BCUT2D eigenvalue weighted by Gasteiger charge is 2.18. The highest BCUT2D eigenvalue weighted by atomic mass is 32.1. The predicted molar refractivity (Wildman–Crippen MR) is 96.7 cm³/mol. The zero-order chi connectivity index (χ0) is 16.4. The molecule has 0 bridgehead atoms. The van der Waals surface area contributed by atoms with E-state index in [0.717, 1.165) is 36.5 Å². The summed E-state index contributed by atoms with van der Waals surface area (Å²) in [6, 6.07) is 6.10. The van der Waals surface area contributed by atoms with E-state index in [4.69, 9.17) is 0 Å². The number of hydrogen-bond acceptors (Lipinski definition) is 6. The number of nitrogens with zero attached hydrogens (tertiary/aromatic N) is 3. The molecule has 0 saturated carbocycles. The largest absolute Gasteiger partial charge is 0.315 e. The summed E-state index contributed by atoms with van der Waals surface area (Å²) >= 11 is 3.06. The van der Waals surface area contributed by atoms with E-state index in [0.29, 0.717) is 16.9 Å². The van der Waals surface area contributed by atoms with Crippen LogP contribution < -0.4 is 10.6 Å². The lowest BCUT2D eigenvalue weighted by Gasteiger charge is -2.22. The zero-order valence-electron chi connectivity index (χ0n) is 12.9. The topological polar surface area (TPSA) is 71.8 Å². The number of rotatable bonds is 4. The highest BCUT2D eigenvalue weighted by molar-refractivity contribution is 7.16. The summed E-state index contributed by atoms with van der Waals surface area (Å²) in [6.07, 6.45) is 4.11. The van der Waals surface area contributed by atoms with E-state index in [-0.39, 0.29) is 5.91 Å². The van der Waals surface area contributed by atoms with Crippen LogP contribution in [0.2, 0.25) is 0 Å². The Morgan fingerprint density at radius 1 is 1.38 bits per heavy atom. The molecular formula is C16H17N5OS2. The molecule has 0 radical (unpaired) electrons. The quantitative estimate of drug-likeness (QED) is 0.750. The van der Waals surface area contributed by atoms with Gasteiger partial charge in [0.15, 0.2) is 10.8 Å². The van der Waals surface area contributed by atoms with Crippen LogP contribution in [0.4, 0.5) is 5.13 Å². The fourth-order valence-electron chi connectivity index (χ4n) is 2.75. The summed E-state index contributed by atoms with van der Waals surface area (Å²) in [7, 11) is 0. The third-order valence-electron chi connectivity index (χ3n) is 3.98. The van der Waals surface area contributed by atoms with Gasteiger partial charge in [-0.05, 0) is 36.9 Å². The molecule has 0 spiro atoms. The van der Waals surface area contributed by atoms with Crippen molar-refractivity contribution in [3.63, 3.8) is 0 Å². The van der Waals surface area contributed by atoms with E-state index in [2.05, 4.69) is 20.7 Å². The number of thiophene rings is 1. The lowest BCUT2D eigenvalue weighted by atomic mass is 10.1. The number of carbonyl (C=O) groups is 1. The summed E-state index contributed by atoms with van der Waals surface area (Å²) in [5.74, 6) is -0.218. The van der Waals surface area contributed by atoms with Crippen LogP contribution in [0.3, 0.4) is 0 Å². The maximum absolute atomic E-state index is 12.4. The fraction of sp³-hybridized carbons (Fsp3) is 0.312. The van der Waals surface area contributed by atoms with Crippen LogP contribution in [0.15, 0.2) is 35.2 Å². The minimum absolute atomic E-state index is 0.218. The average Bonchev–Trinajstić information content (AvgIpc) is 3.36. The molecule has 1 fully saturated rings. The van der Waals surface area contributed by atoms with Gasteiger partial charge in [-0.25, -0.2) is 4.98 Å². The smallest absolute Gasteiger partial charge is 0.277 e. The van der Waals surface area contributed by atoms with Gasteiger partial charge in [0.05, 0.1) is 16.6 Å². The van der Waals surface area contributed by atoms with E-state index in [9.17, 15) is 4.79 Å². The SMILES string of the molecule is O=C(Nc1nc(-c2cccs2)cs1)c1ccn(C2CCCNC2)n1. The number of thiazole rings is 1. The molecule has 0 aliphatic carbocycles. The molecule has 1 aliphatic heterocycles. The Bertz CT molecular complexity index is 817. The molecular weight excluding hydrogens is 342 g/mol. The van der Waals surface area contributed by atoms with Gasteiger partial charge < -0.3 is 5.32 Å². The maximum Gasteiger partial charge on any atom is 0.277 e. The van der Waals surface area contributed by atoms with Crippen molar-refractivity contribution >= 4 is 33.7 Å². The van der Waals surface area contributed by atoms with Gasteiger partial charge in [0, 0.05) is 18.1 Å². The van der Waals surface area contributed by atoms with Gasteiger partial charge in [0.25, 0.3) is 5.91 Å². The first-order valence-corrected chi connectivity index (χ1v) is 9.62. The van der Waals surface area contributed by atoms with E-state index >= 15 is 0 Å². The summed E-state index contributed by atoms with van der Waals surface area (Å²) in [6.45, 7) is 1.96. The lowest BCUT2D eigenvalue weighted by molar-refractivity contribution is 0.102. The Balaban J connectivity index is 1.44. The lowest BCUT2D eigenvalue weighted by Crippen LogP contribution is -2.32. The predicted octanol–water partition coefficient (Wildman–Crippen LogP) is 3.24. The number of aromatic nitrogens is 3. The van der Waals surface area contributed by atoms with Gasteiger partial charge in [-0.15, -0.1) is 22.7 Å². The molecule has 1 saturated heterocycles. The Morgan fingerprint density at radius 3 is 3.12 bits per heavy atom. The van der Waals surface area contributed by atoms with Crippen LogP contribution in [0, 0.1) is 0 Å². The van der Waals surface area contributed by atoms with Crippen LogP contribution in [0.25, 0.3) is 10.6 Å². The Labute approximate surface area is 147 Å². The van der Waals surface area contributed by atoms with Crippen molar-refractivity contribution in [1.29, 1.82) is 0 Å². The molecule has 3 aromatic heterocycles. The van der Waals surface area contributed by atoms with Gasteiger partial charge in [0.1, 0.15) is 0 Å². The van der Waals surface area contributed by atoms with E-state index in [1.807, 2.05) is 33.8 Å². The first-order valence-electron chi connectivity index (χ1n) is 7.86. The minimum atomic E-state index is -0.218. The van der Waals surface area contributed by atoms with Gasteiger partial charge in [-0.3, -0.25) is 14.8 Å². The first-order chi connectivity index (χ1) is 11.8. The van der Waals surface area contributed by atoms with Crippen molar-refractivity contribution < 1.29 is 4.79 Å². The zero-order valence-corrected chi connectivity index (χ0v) is 14.6. The minimum Gasteiger partial charge on any atom is -0.315 e. The van der Waals surface area contributed by atoms with Gasteiger partial charge in [-0.2, -0.15) is 5.10 Å². The molecule has 2 N–H and O–H groups in total. The van der Waals surface area contributed by atoms with Gasteiger partial charge in [-0.1, -0.05) is 6.07 Å². The van der Waals surface area contributed by atoms with Crippen LogP contribution in [0.1, 0.15) is 29.4 Å². The summed E-state index contributed by atoms with van der Waals surface area (Å²) in [5, 5.41) is 15.2. The number of piperidine rings is 1. The van der Waals surface area contributed by atoms with Gasteiger partial charge in [0.2, 0.25) is 0 Å². The molecule has 124 valence electrons. The van der Waals surface area contributed by atoms with Crippen molar-refractivity contribution in [2.24, 2.45) is 0 Å². The molecule has 0 aromatic carbocycles. The van der Waals surface area contributed by atoms with E-state index in [1.54, 1.807) is 17.4 Å². The van der Waals surface area contributed by atoms with E-state index in [1.165, 1.54) is 11.3 Å². The van der Waals surface area contributed by atoms with Crippen molar-refractivity contribution in [3.8, 4) is 10.6 Å². The molecule has 4 heterocycles. The maximum atomic E-state index is 12.4. The van der Waals surface area contributed by atoms with Crippen molar-refractivity contribution in [3.05, 3.63) is 40.8 Å². The molecule has 3 aromatic rings. The van der Waals surface area contributed by atoms with Crippen molar-refractivity contribution in [2.75, 3.05) is 18.4 Å².